The van der Waals surface area contributed by atoms with Crippen LogP contribution >= 0.6 is 11.6 Å². The van der Waals surface area contributed by atoms with E-state index < -0.39 is 12.1 Å². The van der Waals surface area contributed by atoms with Crippen LogP contribution in [0.1, 0.15) is 17.4 Å². The SMILES string of the molecule is O=C(O)NC(Cc1ccc(Cl)cc1)c1nnn(CCO)n1. The van der Waals surface area contributed by atoms with Crippen LogP contribution in [0.2, 0.25) is 5.02 Å². The summed E-state index contributed by atoms with van der Waals surface area (Å²) in [5.74, 6) is 0.251. The minimum atomic E-state index is -1.17. The third kappa shape index (κ3) is 4.40. The quantitative estimate of drug-likeness (QED) is 0.729. The van der Waals surface area contributed by atoms with Crippen LogP contribution in [0.25, 0.3) is 0 Å². The molecule has 1 atom stereocenters. The van der Waals surface area contributed by atoms with Crippen LogP contribution in [0, 0.1) is 0 Å². The van der Waals surface area contributed by atoms with E-state index in [1.807, 2.05) is 0 Å². The lowest BCUT2D eigenvalue weighted by molar-refractivity contribution is 0.189. The van der Waals surface area contributed by atoms with Gasteiger partial charge in [-0.2, -0.15) is 4.80 Å². The Kier molecular flexibility index (Phi) is 5.07. The highest BCUT2D eigenvalue weighted by Gasteiger charge is 2.20. The van der Waals surface area contributed by atoms with Crippen LogP contribution in [0.4, 0.5) is 4.79 Å². The molecule has 21 heavy (non-hydrogen) atoms. The minimum absolute atomic E-state index is 0.121. The van der Waals surface area contributed by atoms with E-state index in [-0.39, 0.29) is 19.0 Å². The molecule has 2 aromatic rings. The Balaban J connectivity index is 2.16. The molecule has 2 rings (SSSR count). The summed E-state index contributed by atoms with van der Waals surface area (Å²) < 4.78 is 0. The number of aliphatic hydroxyl groups is 1. The predicted octanol–water partition coefficient (Wildman–Crippen LogP) is 0.870. The standard InChI is InChI=1S/C12H14ClN5O3/c13-9-3-1-8(2-4-9)7-10(14-12(20)21)11-15-17-18(16-11)5-6-19/h1-4,10,14,19H,5-7H2,(H,20,21). The van der Waals surface area contributed by atoms with Crippen molar-refractivity contribution in [2.45, 2.75) is 19.0 Å². The molecule has 8 nitrogen and oxygen atoms in total. The van der Waals surface area contributed by atoms with Gasteiger partial charge in [-0.3, -0.25) is 0 Å². The second kappa shape index (κ2) is 7.00. The molecule has 1 aromatic heterocycles. The van der Waals surface area contributed by atoms with E-state index in [1.54, 1.807) is 24.3 Å². The van der Waals surface area contributed by atoms with E-state index in [9.17, 15) is 4.79 Å². The molecule has 9 heteroatoms. The van der Waals surface area contributed by atoms with Gasteiger partial charge in [0.2, 0.25) is 0 Å². The molecule has 0 radical (unpaired) electrons. The number of tetrazole rings is 1. The summed E-state index contributed by atoms with van der Waals surface area (Å²) in [6.07, 6.45) is -0.804. The average molecular weight is 312 g/mol. The first-order valence-corrected chi connectivity index (χ1v) is 6.58. The molecule has 3 N–H and O–H groups in total. The van der Waals surface area contributed by atoms with Crippen LogP contribution in [-0.4, -0.2) is 43.1 Å². The molecule has 0 spiro atoms. The number of aliphatic hydroxyl groups excluding tert-OH is 1. The van der Waals surface area contributed by atoms with Crippen molar-refractivity contribution in [1.82, 2.24) is 25.5 Å². The number of aromatic nitrogens is 4. The minimum Gasteiger partial charge on any atom is -0.465 e. The second-order valence-corrected chi connectivity index (χ2v) is 4.74. The summed E-state index contributed by atoms with van der Waals surface area (Å²) in [6, 6.07) is 6.43. The zero-order chi connectivity index (χ0) is 15.2. The van der Waals surface area contributed by atoms with Crippen LogP contribution in [0.5, 0.6) is 0 Å². The van der Waals surface area contributed by atoms with E-state index in [1.165, 1.54) is 4.80 Å². The van der Waals surface area contributed by atoms with Gasteiger partial charge < -0.3 is 15.5 Å². The molecule has 0 bridgehead atoms. The van der Waals surface area contributed by atoms with Crippen LogP contribution in [-0.2, 0) is 13.0 Å². The van der Waals surface area contributed by atoms with Gasteiger partial charge in [0.25, 0.3) is 0 Å². The van der Waals surface area contributed by atoms with Crippen LogP contribution in [0.15, 0.2) is 24.3 Å². The monoisotopic (exact) mass is 311 g/mol. The number of benzene rings is 1. The fourth-order valence-corrected chi connectivity index (χ4v) is 1.92. The maximum atomic E-state index is 10.9. The summed E-state index contributed by atoms with van der Waals surface area (Å²) >= 11 is 5.82. The molecule has 0 aliphatic heterocycles. The number of nitrogens with zero attached hydrogens (tertiary/aromatic N) is 4. The Morgan fingerprint density at radius 1 is 1.38 bits per heavy atom. The number of hydrogen-bond acceptors (Lipinski definition) is 5. The van der Waals surface area contributed by atoms with E-state index >= 15 is 0 Å². The second-order valence-electron chi connectivity index (χ2n) is 4.30. The highest BCUT2D eigenvalue weighted by Crippen LogP contribution is 2.17. The van der Waals surface area contributed by atoms with Gasteiger partial charge in [0.05, 0.1) is 13.2 Å². The Labute approximate surface area is 125 Å². The first-order chi connectivity index (χ1) is 10.1. The van der Waals surface area contributed by atoms with E-state index in [2.05, 4.69) is 20.7 Å². The zero-order valence-electron chi connectivity index (χ0n) is 11.0. The van der Waals surface area contributed by atoms with Crippen molar-refractivity contribution >= 4 is 17.7 Å². The van der Waals surface area contributed by atoms with E-state index in [0.29, 0.717) is 11.4 Å². The highest BCUT2D eigenvalue weighted by molar-refractivity contribution is 6.30. The first kappa shape index (κ1) is 15.2. The van der Waals surface area contributed by atoms with E-state index in [0.717, 1.165) is 5.56 Å². The molecule has 0 aliphatic carbocycles. The lowest BCUT2D eigenvalue weighted by Gasteiger charge is -2.13. The van der Waals surface area contributed by atoms with Gasteiger partial charge in [-0.1, -0.05) is 23.7 Å². The van der Waals surface area contributed by atoms with Gasteiger partial charge in [0, 0.05) is 11.4 Å². The van der Waals surface area contributed by atoms with Crippen LogP contribution < -0.4 is 5.32 Å². The average Bonchev–Trinajstić information content (AvgIpc) is 2.89. The van der Waals surface area contributed by atoms with Crippen molar-refractivity contribution in [1.29, 1.82) is 0 Å². The molecular weight excluding hydrogens is 298 g/mol. The Bertz CT molecular complexity index is 601. The van der Waals surface area contributed by atoms with Crippen molar-refractivity contribution in [3.05, 3.63) is 40.7 Å². The molecule has 1 unspecified atom stereocenters. The first-order valence-electron chi connectivity index (χ1n) is 6.21. The van der Waals surface area contributed by atoms with E-state index in [4.69, 9.17) is 21.8 Å². The summed E-state index contributed by atoms with van der Waals surface area (Å²) in [6.45, 7) is 0.0811. The van der Waals surface area contributed by atoms with Gasteiger partial charge in [0.1, 0.15) is 6.04 Å². The maximum absolute atomic E-state index is 10.9. The molecule has 1 heterocycles. The molecular formula is C12H14ClN5O3. The number of rotatable bonds is 6. The van der Waals surface area contributed by atoms with Gasteiger partial charge in [-0.05, 0) is 22.9 Å². The maximum Gasteiger partial charge on any atom is 0.405 e. The van der Waals surface area contributed by atoms with Gasteiger partial charge in [-0.15, -0.1) is 10.2 Å². The normalized spacial score (nSPS) is 12.1. The smallest absolute Gasteiger partial charge is 0.405 e. The van der Waals surface area contributed by atoms with Crippen molar-refractivity contribution in [2.24, 2.45) is 0 Å². The highest BCUT2D eigenvalue weighted by atomic mass is 35.5. The lowest BCUT2D eigenvalue weighted by atomic mass is 10.1. The Morgan fingerprint density at radius 2 is 2.10 bits per heavy atom. The fraction of sp³-hybridized carbons (Fsp3) is 0.333. The molecule has 1 aromatic carbocycles. The molecule has 0 saturated carbocycles. The Morgan fingerprint density at radius 3 is 2.71 bits per heavy atom. The molecule has 1 amide bonds. The molecule has 112 valence electrons. The van der Waals surface area contributed by atoms with Gasteiger partial charge in [-0.25, -0.2) is 4.79 Å². The number of carbonyl (C=O) groups is 1. The number of nitrogens with one attached hydrogen (secondary N) is 1. The number of halogens is 1. The summed E-state index contributed by atoms with van der Waals surface area (Å²) in [5, 5.41) is 32.3. The summed E-state index contributed by atoms with van der Waals surface area (Å²) in [5.41, 5.74) is 0.886. The number of hydrogen-bond donors (Lipinski definition) is 3. The molecule has 0 aliphatic rings. The predicted molar refractivity (Wildman–Crippen MR) is 74.0 cm³/mol. The third-order valence-corrected chi connectivity index (χ3v) is 2.98. The van der Waals surface area contributed by atoms with Crippen molar-refractivity contribution in [3.63, 3.8) is 0 Å². The topological polar surface area (TPSA) is 113 Å². The lowest BCUT2D eigenvalue weighted by Crippen LogP contribution is -2.29. The number of carboxylic acid groups (broad SMARTS) is 1. The summed E-state index contributed by atoms with van der Waals surface area (Å²) in [4.78, 5) is 12.1. The number of amides is 1. The van der Waals surface area contributed by atoms with Crippen molar-refractivity contribution in [3.8, 4) is 0 Å². The van der Waals surface area contributed by atoms with Crippen LogP contribution in [0.3, 0.4) is 0 Å². The largest absolute Gasteiger partial charge is 0.465 e. The van der Waals surface area contributed by atoms with Gasteiger partial charge in [0.15, 0.2) is 5.82 Å². The molecule has 0 fully saturated rings. The van der Waals surface area contributed by atoms with Crippen molar-refractivity contribution < 1.29 is 15.0 Å². The zero-order valence-corrected chi connectivity index (χ0v) is 11.7. The molecule has 0 saturated heterocycles. The Hall–Kier alpha value is -2.19. The fourth-order valence-electron chi connectivity index (χ4n) is 1.79. The summed E-state index contributed by atoms with van der Waals surface area (Å²) in [7, 11) is 0. The van der Waals surface area contributed by atoms with Gasteiger partial charge >= 0.3 is 6.09 Å². The third-order valence-electron chi connectivity index (χ3n) is 2.73. The van der Waals surface area contributed by atoms with Crippen molar-refractivity contribution in [2.75, 3.05) is 6.61 Å².